The maximum absolute atomic E-state index is 5.27. The van der Waals surface area contributed by atoms with Crippen LogP contribution in [-0.4, -0.2) is 63.3 Å². The standard InChI is InChI=1S/C13H30N4O/c1-6-17(7-2)12(4)11-16-13(14-5)15-9-10-18-8-3/h12H,6-11H2,1-5H3,(H2,14,15,16). The third kappa shape index (κ3) is 7.50. The average Bonchev–Trinajstić information content (AvgIpc) is 2.39. The number of hydrogen-bond donors (Lipinski definition) is 2. The molecule has 5 nitrogen and oxygen atoms in total. The Bertz CT molecular complexity index is 217. The van der Waals surface area contributed by atoms with E-state index in [0.717, 1.165) is 38.7 Å². The minimum Gasteiger partial charge on any atom is -0.380 e. The Morgan fingerprint density at radius 2 is 1.89 bits per heavy atom. The minimum absolute atomic E-state index is 0.505. The molecule has 108 valence electrons. The lowest BCUT2D eigenvalue weighted by Gasteiger charge is -2.27. The summed E-state index contributed by atoms with van der Waals surface area (Å²) in [6, 6.07) is 0.505. The van der Waals surface area contributed by atoms with Crippen molar-refractivity contribution >= 4 is 5.96 Å². The maximum atomic E-state index is 5.27. The maximum Gasteiger partial charge on any atom is 0.191 e. The molecule has 0 aromatic heterocycles. The van der Waals surface area contributed by atoms with Crippen molar-refractivity contribution in [2.45, 2.75) is 33.7 Å². The molecule has 0 saturated carbocycles. The summed E-state index contributed by atoms with van der Waals surface area (Å²) in [5.41, 5.74) is 0. The van der Waals surface area contributed by atoms with Gasteiger partial charge in [-0.05, 0) is 26.9 Å². The number of ether oxygens (including phenoxy) is 1. The number of aliphatic imine (C=N–C) groups is 1. The van der Waals surface area contributed by atoms with Crippen LogP contribution in [0.3, 0.4) is 0 Å². The normalized spacial score (nSPS) is 13.8. The van der Waals surface area contributed by atoms with E-state index in [1.165, 1.54) is 0 Å². The van der Waals surface area contributed by atoms with Crippen LogP contribution in [0.15, 0.2) is 4.99 Å². The first-order valence-corrected chi connectivity index (χ1v) is 6.95. The quantitative estimate of drug-likeness (QED) is 0.367. The van der Waals surface area contributed by atoms with Gasteiger partial charge in [-0.1, -0.05) is 13.8 Å². The molecule has 0 aliphatic carbocycles. The molecular formula is C13H30N4O. The first-order chi connectivity index (χ1) is 8.69. The van der Waals surface area contributed by atoms with E-state index in [2.05, 4.69) is 41.3 Å². The van der Waals surface area contributed by atoms with Gasteiger partial charge in [-0.25, -0.2) is 0 Å². The van der Waals surface area contributed by atoms with Crippen LogP contribution in [0.5, 0.6) is 0 Å². The summed E-state index contributed by atoms with van der Waals surface area (Å²) < 4.78 is 5.27. The van der Waals surface area contributed by atoms with Crippen LogP contribution in [0.2, 0.25) is 0 Å². The molecular weight excluding hydrogens is 228 g/mol. The second kappa shape index (κ2) is 11.3. The van der Waals surface area contributed by atoms with Gasteiger partial charge in [0.15, 0.2) is 5.96 Å². The molecule has 2 N–H and O–H groups in total. The fraction of sp³-hybridized carbons (Fsp3) is 0.923. The largest absolute Gasteiger partial charge is 0.380 e. The number of nitrogens with zero attached hydrogens (tertiary/aromatic N) is 2. The zero-order valence-electron chi connectivity index (χ0n) is 12.6. The van der Waals surface area contributed by atoms with Crippen molar-refractivity contribution in [2.24, 2.45) is 4.99 Å². The molecule has 0 aliphatic heterocycles. The molecule has 18 heavy (non-hydrogen) atoms. The molecule has 0 rings (SSSR count). The van der Waals surface area contributed by atoms with Gasteiger partial charge < -0.3 is 15.4 Å². The molecule has 5 heteroatoms. The molecule has 0 saturated heterocycles. The van der Waals surface area contributed by atoms with E-state index in [4.69, 9.17) is 4.74 Å². The number of hydrogen-bond acceptors (Lipinski definition) is 3. The molecule has 0 spiro atoms. The Morgan fingerprint density at radius 1 is 1.22 bits per heavy atom. The van der Waals surface area contributed by atoms with Gasteiger partial charge in [-0.3, -0.25) is 9.89 Å². The van der Waals surface area contributed by atoms with E-state index < -0.39 is 0 Å². The minimum atomic E-state index is 0.505. The van der Waals surface area contributed by atoms with Crippen molar-refractivity contribution in [3.05, 3.63) is 0 Å². The highest BCUT2D eigenvalue weighted by Crippen LogP contribution is 1.96. The molecule has 0 amide bonds. The molecule has 0 aromatic carbocycles. The fourth-order valence-electron chi connectivity index (χ4n) is 1.83. The Kier molecular flexibility index (Phi) is 10.8. The number of rotatable bonds is 9. The molecule has 0 radical (unpaired) electrons. The lowest BCUT2D eigenvalue weighted by Crippen LogP contribution is -2.46. The van der Waals surface area contributed by atoms with Gasteiger partial charge in [0, 0.05) is 32.8 Å². The topological polar surface area (TPSA) is 48.9 Å². The first kappa shape index (κ1) is 17.2. The molecule has 0 heterocycles. The second-order valence-electron chi connectivity index (χ2n) is 4.15. The number of likely N-dealkylation sites (N-methyl/N-ethyl adjacent to an activating group) is 1. The third-order valence-electron chi connectivity index (χ3n) is 2.97. The van der Waals surface area contributed by atoms with Crippen LogP contribution in [0.1, 0.15) is 27.7 Å². The molecule has 0 fully saturated rings. The summed E-state index contributed by atoms with van der Waals surface area (Å²) in [5.74, 6) is 0.841. The van der Waals surface area contributed by atoms with Crippen molar-refractivity contribution in [2.75, 3.05) is 46.4 Å². The van der Waals surface area contributed by atoms with E-state index in [1.807, 2.05) is 6.92 Å². The fourth-order valence-corrected chi connectivity index (χ4v) is 1.83. The molecule has 0 aromatic rings. The number of guanidine groups is 1. The van der Waals surface area contributed by atoms with Crippen molar-refractivity contribution < 1.29 is 4.74 Å². The van der Waals surface area contributed by atoms with Gasteiger partial charge in [0.25, 0.3) is 0 Å². The van der Waals surface area contributed by atoms with Crippen LogP contribution >= 0.6 is 0 Å². The summed E-state index contributed by atoms with van der Waals surface area (Å²) in [6.07, 6.45) is 0. The smallest absolute Gasteiger partial charge is 0.191 e. The Labute approximate surface area is 112 Å². The van der Waals surface area contributed by atoms with Gasteiger partial charge in [0.2, 0.25) is 0 Å². The number of nitrogens with one attached hydrogen (secondary N) is 2. The van der Waals surface area contributed by atoms with Gasteiger partial charge in [-0.15, -0.1) is 0 Å². The van der Waals surface area contributed by atoms with E-state index in [-0.39, 0.29) is 0 Å². The monoisotopic (exact) mass is 258 g/mol. The second-order valence-corrected chi connectivity index (χ2v) is 4.15. The van der Waals surface area contributed by atoms with Crippen LogP contribution in [0.4, 0.5) is 0 Å². The third-order valence-corrected chi connectivity index (χ3v) is 2.97. The van der Waals surface area contributed by atoms with Crippen molar-refractivity contribution in [3.63, 3.8) is 0 Å². The van der Waals surface area contributed by atoms with Crippen LogP contribution in [0.25, 0.3) is 0 Å². The van der Waals surface area contributed by atoms with Crippen LogP contribution in [0, 0.1) is 0 Å². The Hall–Kier alpha value is -0.810. The SMILES string of the molecule is CCOCCNC(=NC)NCC(C)N(CC)CC. The van der Waals surface area contributed by atoms with Gasteiger partial charge >= 0.3 is 0 Å². The van der Waals surface area contributed by atoms with Gasteiger partial charge in [0.1, 0.15) is 0 Å². The lowest BCUT2D eigenvalue weighted by atomic mass is 10.3. The summed E-state index contributed by atoms with van der Waals surface area (Å²) in [7, 11) is 1.79. The zero-order valence-corrected chi connectivity index (χ0v) is 12.6. The molecule has 1 unspecified atom stereocenters. The highest BCUT2D eigenvalue weighted by Gasteiger charge is 2.09. The highest BCUT2D eigenvalue weighted by molar-refractivity contribution is 5.79. The molecule has 0 bridgehead atoms. The van der Waals surface area contributed by atoms with E-state index in [1.54, 1.807) is 7.05 Å². The van der Waals surface area contributed by atoms with Crippen molar-refractivity contribution in [3.8, 4) is 0 Å². The predicted octanol–water partition coefficient (Wildman–Crippen LogP) is 0.918. The van der Waals surface area contributed by atoms with Gasteiger partial charge in [-0.2, -0.15) is 0 Å². The summed E-state index contributed by atoms with van der Waals surface area (Å²) in [6.45, 7) is 13.9. The van der Waals surface area contributed by atoms with Crippen LogP contribution in [-0.2, 0) is 4.74 Å². The van der Waals surface area contributed by atoms with Crippen molar-refractivity contribution in [1.29, 1.82) is 0 Å². The summed E-state index contributed by atoms with van der Waals surface area (Å²) in [5, 5.41) is 6.57. The van der Waals surface area contributed by atoms with E-state index in [9.17, 15) is 0 Å². The van der Waals surface area contributed by atoms with E-state index in [0.29, 0.717) is 12.6 Å². The van der Waals surface area contributed by atoms with Gasteiger partial charge in [0.05, 0.1) is 6.61 Å². The van der Waals surface area contributed by atoms with E-state index >= 15 is 0 Å². The molecule has 1 atom stereocenters. The Morgan fingerprint density at radius 3 is 2.39 bits per heavy atom. The van der Waals surface area contributed by atoms with Crippen LogP contribution < -0.4 is 10.6 Å². The summed E-state index contributed by atoms with van der Waals surface area (Å²) in [4.78, 5) is 6.61. The predicted molar refractivity (Wildman–Crippen MR) is 78.2 cm³/mol. The first-order valence-electron chi connectivity index (χ1n) is 6.95. The Balaban J connectivity index is 3.86. The summed E-state index contributed by atoms with van der Waals surface area (Å²) >= 11 is 0. The average molecular weight is 258 g/mol. The highest BCUT2D eigenvalue weighted by atomic mass is 16.5. The molecule has 0 aliphatic rings. The lowest BCUT2D eigenvalue weighted by molar-refractivity contribution is 0.152. The van der Waals surface area contributed by atoms with Crippen molar-refractivity contribution in [1.82, 2.24) is 15.5 Å². The zero-order chi connectivity index (χ0) is 13.8.